The number of pyridine rings is 4. The molecule has 2 aliphatic carbocycles. The van der Waals surface area contributed by atoms with E-state index >= 15 is 0 Å². The van der Waals surface area contributed by atoms with Crippen LogP contribution in [0.25, 0.3) is 155 Å². The number of benzene rings is 14. The highest BCUT2D eigenvalue weighted by molar-refractivity contribution is 5.95. The van der Waals surface area contributed by atoms with Crippen molar-refractivity contribution in [2.75, 3.05) is 0 Å². The van der Waals surface area contributed by atoms with Gasteiger partial charge < -0.3 is 0 Å². The zero-order valence-corrected chi connectivity index (χ0v) is 79.2. The molecule has 0 unspecified atom stereocenters. The van der Waals surface area contributed by atoms with Crippen molar-refractivity contribution in [3.8, 4) is 112 Å². The summed E-state index contributed by atoms with van der Waals surface area (Å²) in [5.41, 5.74) is 35.5. The Morgan fingerprint density at radius 2 is 0.519 bits per heavy atom. The quantitative estimate of drug-likeness (QED) is 0.0909. The highest BCUT2D eigenvalue weighted by Gasteiger charge is 2.26. The molecule has 20 rings (SSSR count). The maximum Gasteiger partial charge on any atom is 0.213 e. The largest absolute Gasteiger partial charge is 0.213 e. The summed E-state index contributed by atoms with van der Waals surface area (Å²) in [6.07, 6.45) is 17.7. The predicted molar refractivity (Wildman–Crippen MR) is 557 cm³/mol. The first-order valence-electron chi connectivity index (χ1n) is 51.3. The van der Waals surface area contributed by atoms with E-state index in [0.717, 1.165) is 162 Å². The summed E-state index contributed by atoms with van der Waals surface area (Å²) >= 11 is 0. The number of hydrogen-bond acceptors (Lipinski definition) is 0. The van der Waals surface area contributed by atoms with Crippen molar-refractivity contribution < 1.29 is 29.2 Å². The summed E-state index contributed by atoms with van der Waals surface area (Å²) < 4.78 is 75.7. The number of aryl methyl sites for hydroxylation is 11. The number of hydrogen-bond donors (Lipinski definition) is 0. The van der Waals surface area contributed by atoms with Gasteiger partial charge in [0.25, 0.3) is 0 Å². The molecular formula is C127H130N4+4. The van der Waals surface area contributed by atoms with Gasteiger partial charge in [-0.2, -0.15) is 0 Å². The third-order valence-electron chi connectivity index (χ3n) is 27.5. The number of rotatable bonds is 15. The van der Waals surface area contributed by atoms with Crippen LogP contribution in [0.3, 0.4) is 0 Å². The van der Waals surface area contributed by atoms with Crippen LogP contribution in [0, 0.1) is 48.3 Å². The fraction of sp³-hybridized carbons (Fsp3) is 0.244. The minimum absolute atomic E-state index is 0.345. The number of nitrogens with zero attached hydrogens (tertiary/aromatic N) is 4. The van der Waals surface area contributed by atoms with Crippen molar-refractivity contribution >= 4 is 43.1 Å². The molecule has 4 aromatic heterocycles. The van der Waals surface area contributed by atoms with Crippen molar-refractivity contribution in [1.29, 1.82) is 0 Å². The van der Waals surface area contributed by atoms with Crippen LogP contribution in [-0.2, 0) is 28.2 Å². The summed E-state index contributed by atoms with van der Waals surface area (Å²) in [7, 11) is 8.13. The highest BCUT2D eigenvalue weighted by Crippen LogP contribution is 2.42. The molecule has 0 atom stereocenters. The van der Waals surface area contributed by atoms with Gasteiger partial charge in [-0.15, -0.1) is 0 Å². The van der Waals surface area contributed by atoms with E-state index < -0.39 is 25.5 Å². The van der Waals surface area contributed by atoms with E-state index in [9.17, 15) is 0 Å². The van der Waals surface area contributed by atoms with Gasteiger partial charge in [0.2, 0.25) is 22.8 Å². The molecule has 4 nitrogen and oxygen atoms in total. The Hall–Kier alpha value is -13.3. The van der Waals surface area contributed by atoms with Gasteiger partial charge in [-0.25, -0.2) is 18.3 Å². The van der Waals surface area contributed by atoms with E-state index in [1.807, 2.05) is 71.8 Å². The third-order valence-corrected chi connectivity index (χ3v) is 27.5. The second-order valence-corrected chi connectivity index (χ2v) is 37.8. The minimum Gasteiger partial charge on any atom is -0.201 e. The van der Waals surface area contributed by atoms with Crippen molar-refractivity contribution in [2.24, 2.45) is 28.2 Å². The van der Waals surface area contributed by atoms with Crippen molar-refractivity contribution in [2.45, 2.75) is 177 Å². The second kappa shape index (κ2) is 39.6. The van der Waals surface area contributed by atoms with E-state index in [-0.39, 0.29) is 0 Å². The maximum absolute atomic E-state index is 8.94. The summed E-state index contributed by atoms with van der Waals surface area (Å²) in [6.45, 7) is 19.8. The van der Waals surface area contributed by atoms with Gasteiger partial charge in [-0.05, 0) is 313 Å². The molecule has 4 heteroatoms. The monoisotopic (exact) mass is 1720 g/mol. The van der Waals surface area contributed by atoms with Crippen LogP contribution in [0.15, 0.2) is 340 Å². The van der Waals surface area contributed by atoms with Gasteiger partial charge in [0.05, 0.1) is 0 Å². The van der Waals surface area contributed by atoms with Crippen LogP contribution in [0.5, 0.6) is 0 Å². The average Bonchev–Trinajstić information content (AvgIpc) is 1.02. The van der Waals surface area contributed by atoms with Gasteiger partial charge in [-0.3, -0.25) is 0 Å². The summed E-state index contributed by atoms with van der Waals surface area (Å²) in [6, 6.07) is 112. The van der Waals surface area contributed by atoms with E-state index in [1.54, 1.807) is 12.4 Å². The Bertz CT molecular complexity index is 7610. The van der Waals surface area contributed by atoms with Crippen LogP contribution in [-0.4, -0.2) is 0 Å². The predicted octanol–water partition coefficient (Wildman–Crippen LogP) is 32.6. The summed E-state index contributed by atoms with van der Waals surface area (Å²) in [5, 5.41) is 9.56. The molecule has 18 aromatic rings. The molecule has 2 fully saturated rings. The highest BCUT2D eigenvalue weighted by atomic mass is 14.9. The first kappa shape index (κ1) is 79.9. The van der Waals surface area contributed by atoms with Crippen molar-refractivity contribution in [1.82, 2.24) is 0 Å². The average molecular weight is 1720 g/mol. The third kappa shape index (κ3) is 19.9. The van der Waals surface area contributed by atoms with E-state index in [0.29, 0.717) is 28.9 Å². The van der Waals surface area contributed by atoms with Gasteiger partial charge in [-0.1, -0.05) is 310 Å². The van der Waals surface area contributed by atoms with E-state index in [1.165, 1.54) is 106 Å². The standard InChI is InChI=1S/C36H36N.C35H34N.C29H32N.C27H28N/c1-25-9-7-8-12-34(25)36-23-35(26(2)24-37(36)3)33-20-19-31-21-30(17-18-32(31)22-33)29-15-13-28(14-16-29)27-10-5-4-6-11-27;1-24-8-4-7-11-33(24)35-22-34(25(2)23-36(35)3)32-19-18-30-20-29(16-17-31(30)21-32)28-14-12-27(13-15-28)26-9-5-6-10-26;1-19(2)22-11-12-24-16-25(14-13-23(24)15-22)27-17-29(26-10-8-7-9-21(26)5)30(6)18-28(27)20(3)4;1-18(2)26-17-28(5)27(24-9-7-6-8-20(24)4)16-25(26)23-13-12-21-14-19(3)10-11-22(21)15-23/h7-9,12-24,27H,4-6,10-11H2,1-3H3;4,7-8,11-23,26H,5-6,9-10H2,1-3H3;7-20H,1-6H3;6-18H,1-5H3/q4*+1/i2D3,27D;2D3,26D;;. The molecule has 14 aromatic carbocycles. The van der Waals surface area contributed by atoms with Crippen molar-refractivity contribution in [3.63, 3.8) is 0 Å². The number of fused-ring (bicyclic) bond motifs is 4. The Kier molecular flexibility index (Phi) is 24.1. The molecule has 4 heterocycles. The lowest BCUT2D eigenvalue weighted by molar-refractivity contribution is -0.660. The molecule has 0 N–H and O–H groups in total. The first-order chi connectivity index (χ1) is 66.5. The topological polar surface area (TPSA) is 15.5 Å². The second-order valence-electron chi connectivity index (χ2n) is 37.8. The summed E-state index contributed by atoms with van der Waals surface area (Å²) in [5.74, 6) is 0.585. The Labute approximate surface area is 791 Å². The van der Waals surface area contributed by atoms with Crippen molar-refractivity contribution in [3.05, 3.63) is 407 Å². The van der Waals surface area contributed by atoms with Crippen LogP contribution < -0.4 is 18.3 Å². The van der Waals surface area contributed by atoms with Gasteiger partial charge in [0, 0.05) is 79.7 Å². The van der Waals surface area contributed by atoms with E-state index in [4.69, 9.17) is 11.0 Å². The van der Waals surface area contributed by atoms with Crippen LogP contribution >= 0.6 is 0 Å². The van der Waals surface area contributed by atoms with Crippen LogP contribution in [0.1, 0.15) is 207 Å². The zero-order valence-electron chi connectivity index (χ0n) is 87.2. The lowest BCUT2D eigenvalue weighted by Gasteiger charge is -2.22. The Balaban J connectivity index is 0.000000130. The van der Waals surface area contributed by atoms with Crippen LogP contribution in [0.4, 0.5) is 0 Å². The molecule has 0 spiro atoms. The fourth-order valence-corrected chi connectivity index (χ4v) is 19.7. The molecule has 654 valence electrons. The maximum atomic E-state index is 8.94. The first-order valence-corrected chi connectivity index (χ1v) is 47.3. The van der Waals surface area contributed by atoms with E-state index in [2.05, 4.69) is 379 Å². The van der Waals surface area contributed by atoms with Crippen LogP contribution in [0.2, 0.25) is 0 Å². The smallest absolute Gasteiger partial charge is 0.201 e. The molecule has 0 radical (unpaired) electrons. The Morgan fingerprint density at radius 1 is 0.244 bits per heavy atom. The molecule has 2 saturated carbocycles. The molecule has 2 aliphatic rings. The number of aromatic nitrogens is 4. The molecule has 0 bridgehead atoms. The minimum atomic E-state index is -2.24. The SMILES string of the molecule is Cc1ccc2cc(-c3cc(-c4ccccc4C)[n+](C)cc3C(C)C)ccc2c1.Cc1ccccc1-c1cc(-c2ccc3cc(C(C)C)ccc3c2)c(C(C)C)c[n+]1C.[2H]C([2H])([2H])c1c[n+](C)c(-c2ccccc2C)cc1-c1ccc2cc(-c3ccc(C4([2H])CCCC4)cc3)ccc2c1.[2H]C([2H])([2H])c1c[n+](C)c(-c2ccccc2C)cc1-c1ccc2cc(-c3ccc(C4([2H])CCCCC4)cc3)ccc2c1. The molecule has 0 aliphatic heterocycles. The molecular weight excluding hydrogens is 1580 g/mol. The Morgan fingerprint density at radius 3 is 0.855 bits per heavy atom. The normalized spacial score (nSPS) is 14.5. The molecule has 0 amide bonds. The lowest BCUT2D eigenvalue weighted by atomic mass is 9.83. The lowest BCUT2D eigenvalue weighted by Crippen LogP contribution is -2.32. The van der Waals surface area contributed by atoms with Gasteiger partial charge >= 0.3 is 0 Å². The molecule has 131 heavy (non-hydrogen) atoms. The fourth-order valence-electron chi connectivity index (χ4n) is 19.7. The molecule has 0 saturated heterocycles. The van der Waals surface area contributed by atoms with Gasteiger partial charge in [0.1, 0.15) is 28.2 Å². The van der Waals surface area contributed by atoms with Gasteiger partial charge in [0.15, 0.2) is 24.8 Å². The summed E-state index contributed by atoms with van der Waals surface area (Å²) in [4.78, 5) is 0. The zero-order chi connectivity index (χ0) is 98.1.